The fourth-order valence-corrected chi connectivity index (χ4v) is 5.05. The number of benzene rings is 4. The van der Waals surface area contributed by atoms with E-state index in [1.54, 1.807) is 21.0 Å². The highest BCUT2D eigenvalue weighted by molar-refractivity contribution is 6.05. The molecule has 5 rings (SSSR count). The van der Waals surface area contributed by atoms with Crippen molar-refractivity contribution in [2.75, 3.05) is 14.2 Å². The Labute approximate surface area is 270 Å². The third-order valence-corrected chi connectivity index (χ3v) is 7.71. The van der Waals surface area contributed by atoms with Gasteiger partial charge in [0, 0.05) is 13.0 Å². The van der Waals surface area contributed by atoms with Crippen LogP contribution in [-0.2, 0) is 29.2 Å². The van der Waals surface area contributed by atoms with Crippen LogP contribution >= 0.6 is 0 Å². The summed E-state index contributed by atoms with van der Waals surface area (Å²) in [4.78, 5) is 34.6. The molecule has 8 heteroatoms. The number of ether oxygens (including phenoxy) is 3. The maximum Gasteiger partial charge on any atom is 0.421 e. The molecule has 1 unspecified atom stereocenters. The summed E-state index contributed by atoms with van der Waals surface area (Å²) in [5.74, 6) is 1.04. The van der Waals surface area contributed by atoms with E-state index in [9.17, 15) is 9.59 Å². The summed E-state index contributed by atoms with van der Waals surface area (Å²) >= 11 is 0. The summed E-state index contributed by atoms with van der Waals surface area (Å²) in [6.45, 7) is 4.12. The number of rotatable bonds is 10. The largest absolute Gasteiger partial charge is 0.497 e. The predicted molar refractivity (Wildman–Crippen MR) is 179 cm³/mol. The molecule has 1 heterocycles. The highest BCUT2D eigenvalue weighted by Gasteiger charge is 2.43. The number of aliphatic imine (C=N–C) groups is 1. The highest BCUT2D eigenvalue weighted by Crippen LogP contribution is 2.32. The summed E-state index contributed by atoms with van der Waals surface area (Å²) in [5, 5.41) is 0. The van der Waals surface area contributed by atoms with Gasteiger partial charge in [0.2, 0.25) is 5.96 Å². The van der Waals surface area contributed by atoms with Crippen molar-refractivity contribution in [2.24, 2.45) is 10.9 Å². The predicted octanol–water partition coefficient (Wildman–Crippen LogP) is 7.35. The molecule has 1 aliphatic heterocycles. The minimum Gasteiger partial charge on any atom is -0.497 e. The molecule has 1 fully saturated rings. The van der Waals surface area contributed by atoms with Crippen molar-refractivity contribution in [1.29, 1.82) is 0 Å². The summed E-state index contributed by atoms with van der Waals surface area (Å²) in [6.07, 6.45) is 1.86. The van der Waals surface area contributed by atoms with E-state index in [0.29, 0.717) is 18.7 Å². The smallest absolute Gasteiger partial charge is 0.421 e. The van der Waals surface area contributed by atoms with Crippen molar-refractivity contribution >= 4 is 24.0 Å². The Morgan fingerprint density at radius 3 is 1.96 bits per heavy atom. The quantitative estimate of drug-likeness (QED) is 0.185. The van der Waals surface area contributed by atoms with Crippen molar-refractivity contribution in [2.45, 2.75) is 39.5 Å². The van der Waals surface area contributed by atoms with Crippen LogP contribution in [0, 0.1) is 5.92 Å². The van der Waals surface area contributed by atoms with Gasteiger partial charge in [-0.15, -0.1) is 0 Å². The molecule has 0 aromatic heterocycles. The molecule has 0 radical (unpaired) electrons. The van der Waals surface area contributed by atoms with Gasteiger partial charge in [-0.3, -0.25) is 4.79 Å². The van der Waals surface area contributed by atoms with Crippen LogP contribution in [-0.4, -0.2) is 48.0 Å². The second-order valence-corrected chi connectivity index (χ2v) is 11.4. The molecule has 0 spiro atoms. The number of hydrogen-bond donors (Lipinski definition) is 0. The zero-order valence-electron chi connectivity index (χ0n) is 26.6. The van der Waals surface area contributed by atoms with Gasteiger partial charge < -0.3 is 19.1 Å². The van der Waals surface area contributed by atoms with E-state index in [0.717, 1.165) is 33.8 Å². The van der Waals surface area contributed by atoms with Crippen LogP contribution in [0.5, 0.6) is 11.5 Å². The Morgan fingerprint density at radius 1 is 0.783 bits per heavy atom. The van der Waals surface area contributed by atoms with Crippen LogP contribution < -0.4 is 9.47 Å². The van der Waals surface area contributed by atoms with E-state index in [4.69, 9.17) is 14.2 Å². The Hall–Kier alpha value is -5.37. The molecule has 1 aliphatic rings. The summed E-state index contributed by atoms with van der Waals surface area (Å²) in [5.41, 5.74) is 4.47. The van der Waals surface area contributed by atoms with Gasteiger partial charge >= 0.3 is 6.09 Å². The highest BCUT2D eigenvalue weighted by atomic mass is 16.6. The average molecular weight is 618 g/mol. The normalized spacial score (nSPS) is 16.2. The van der Waals surface area contributed by atoms with Crippen LogP contribution in [0.4, 0.5) is 4.79 Å². The van der Waals surface area contributed by atoms with Crippen molar-refractivity contribution in [3.8, 4) is 11.5 Å². The molecular weight excluding hydrogens is 578 g/mol. The molecule has 4 aromatic carbocycles. The molecule has 236 valence electrons. The first-order valence-corrected chi connectivity index (χ1v) is 15.3. The summed E-state index contributed by atoms with van der Waals surface area (Å²) in [6, 6.07) is 34.7. The fourth-order valence-electron chi connectivity index (χ4n) is 5.05. The topological polar surface area (TPSA) is 80.7 Å². The second kappa shape index (κ2) is 15.1. The molecule has 46 heavy (non-hydrogen) atoms. The monoisotopic (exact) mass is 617 g/mol. The van der Waals surface area contributed by atoms with Crippen LogP contribution in [0.1, 0.15) is 36.1 Å². The first-order chi connectivity index (χ1) is 22.3. The lowest BCUT2D eigenvalue weighted by atomic mass is 10.0. The zero-order chi connectivity index (χ0) is 32.5. The molecule has 8 nitrogen and oxygen atoms in total. The molecule has 0 aliphatic carbocycles. The van der Waals surface area contributed by atoms with Crippen LogP contribution in [0.3, 0.4) is 0 Å². The van der Waals surface area contributed by atoms with Gasteiger partial charge in [0.05, 0.1) is 18.8 Å². The fraction of sp³-hybridized carbons (Fsp3) is 0.237. The molecular formula is C38H39N3O5. The number of methoxy groups -OCH3 is 1. The molecule has 4 aromatic rings. The number of hydrogen-bond acceptors (Lipinski definition) is 5. The molecule has 0 saturated carbocycles. The summed E-state index contributed by atoms with van der Waals surface area (Å²) < 4.78 is 17.1. The van der Waals surface area contributed by atoms with Gasteiger partial charge in [0.1, 0.15) is 24.7 Å². The third-order valence-electron chi connectivity index (χ3n) is 7.71. The lowest BCUT2D eigenvalue weighted by Gasteiger charge is -2.20. The van der Waals surface area contributed by atoms with Gasteiger partial charge in [0.15, 0.2) is 0 Å². The van der Waals surface area contributed by atoms with Crippen molar-refractivity contribution in [3.05, 3.63) is 137 Å². The standard InChI is InChI=1S/C38H39N3O5/c1-27(2)36(42)39-37-40(3)34(23-28-17-21-33(22-18-28)45-25-30-11-7-5-8-12-30)35(24-29-15-19-32(44-4)20-16-29)41(37)38(43)46-26-31-13-9-6-10-14-31/h5-22,24,27,34H,23,25-26H2,1-4H3/b35-24+,39-37?. The van der Waals surface area contributed by atoms with E-state index in [-0.39, 0.29) is 30.4 Å². The number of carbonyl (C=O) groups excluding carboxylic acids is 2. The second-order valence-electron chi connectivity index (χ2n) is 11.4. The van der Waals surface area contributed by atoms with Gasteiger partial charge in [-0.2, -0.15) is 4.99 Å². The van der Waals surface area contributed by atoms with E-state index >= 15 is 0 Å². The lowest BCUT2D eigenvalue weighted by Crippen LogP contribution is -2.37. The van der Waals surface area contributed by atoms with E-state index < -0.39 is 6.09 Å². The number of carbonyl (C=O) groups is 2. The Bertz CT molecular complexity index is 1670. The van der Waals surface area contributed by atoms with E-state index in [1.807, 2.05) is 127 Å². The Morgan fingerprint density at radius 2 is 1.37 bits per heavy atom. The lowest BCUT2D eigenvalue weighted by molar-refractivity contribution is -0.120. The molecule has 1 saturated heterocycles. The minimum atomic E-state index is -0.613. The van der Waals surface area contributed by atoms with Gasteiger partial charge in [0.25, 0.3) is 5.91 Å². The van der Waals surface area contributed by atoms with Gasteiger partial charge in [-0.1, -0.05) is 98.8 Å². The van der Waals surface area contributed by atoms with Crippen molar-refractivity contribution in [3.63, 3.8) is 0 Å². The first-order valence-electron chi connectivity index (χ1n) is 15.3. The minimum absolute atomic E-state index is 0.0796. The molecule has 1 atom stereocenters. The molecule has 0 N–H and O–H groups in total. The van der Waals surface area contributed by atoms with E-state index in [1.165, 1.54) is 4.90 Å². The average Bonchev–Trinajstić information content (AvgIpc) is 3.33. The molecule has 0 bridgehead atoms. The maximum atomic E-state index is 13.9. The first kappa shape index (κ1) is 32.0. The van der Waals surface area contributed by atoms with Gasteiger partial charge in [-0.05, 0) is 59.0 Å². The number of likely N-dealkylation sites (N-methyl/N-ethyl adjacent to an activating group) is 1. The molecule has 2 amide bonds. The summed E-state index contributed by atoms with van der Waals surface area (Å²) in [7, 11) is 3.47. The van der Waals surface area contributed by atoms with Crippen LogP contribution in [0.15, 0.2) is 120 Å². The van der Waals surface area contributed by atoms with Crippen LogP contribution in [0.25, 0.3) is 6.08 Å². The maximum absolute atomic E-state index is 13.9. The third kappa shape index (κ3) is 8.01. The number of guanidine groups is 1. The van der Waals surface area contributed by atoms with Crippen molar-refractivity contribution < 1.29 is 23.8 Å². The van der Waals surface area contributed by atoms with Crippen molar-refractivity contribution in [1.82, 2.24) is 9.80 Å². The SMILES string of the molecule is COc1ccc(/C=C2\C(Cc3ccc(OCc4ccccc4)cc3)N(C)C(=NC(=O)C(C)C)N2C(=O)OCc2ccccc2)cc1. The zero-order valence-corrected chi connectivity index (χ0v) is 26.6. The van der Waals surface area contributed by atoms with E-state index in [2.05, 4.69) is 4.99 Å². The Kier molecular flexibility index (Phi) is 10.5. The number of amides is 2. The van der Waals surface area contributed by atoms with Gasteiger partial charge in [-0.25, -0.2) is 9.69 Å². The Balaban J connectivity index is 1.47. The van der Waals surface area contributed by atoms with Crippen LogP contribution in [0.2, 0.25) is 0 Å². The number of nitrogens with zero attached hydrogens (tertiary/aromatic N) is 3.